The number of hydrogen-bond donors (Lipinski definition) is 1. The van der Waals surface area contributed by atoms with Crippen LogP contribution in [-0.2, 0) is 6.54 Å². The molecule has 1 aromatic heterocycles. The molecular weight excluding hydrogens is 266 g/mol. The maximum atomic E-state index is 5.30. The number of rotatable bonds is 6. The number of nitrogens with zero attached hydrogens (tertiary/aromatic N) is 2. The van der Waals surface area contributed by atoms with E-state index in [9.17, 15) is 0 Å². The van der Waals surface area contributed by atoms with Crippen LogP contribution in [0.25, 0.3) is 11.4 Å². The average Bonchev–Trinajstić information content (AvgIpc) is 2.51. The van der Waals surface area contributed by atoms with Crippen LogP contribution in [0.15, 0.2) is 24.3 Å². The highest BCUT2D eigenvalue weighted by atomic mass is 16.5. The van der Waals surface area contributed by atoms with E-state index in [0.29, 0.717) is 5.82 Å². The molecule has 5 nitrogen and oxygen atoms in total. The van der Waals surface area contributed by atoms with Crippen molar-refractivity contribution in [3.63, 3.8) is 0 Å². The molecule has 0 atom stereocenters. The zero-order valence-electron chi connectivity index (χ0n) is 12.9. The van der Waals surface area contributed by atoms with Crippen LogP contribution in [0, 0.1) is 6.92 Å². The fourth-order valence-corrected chi connectivity index (χ4v) is 2.04. The zero-order valence-corrected chi connectivity index (χ0v) is 12.9. The van der Waals surface area contributed by atoms with Crippen molar-refractivity contribution in [1.82, 2.24) is 15.3 Å². The van der Waals surface area contributed by atoms with E-state index in [1.54, 1.807) is 14.2 Å². The Morgan fingerprint density at radius 1 is 1.00 bits per heavy atom. The monoisotopic (exact) mass is 287 g/mol. The van der Waals surface area contributed by atoms with E-state index in [0.717, 1.165) is 41.5 Å². The van der Waals surface area contributed by atoms with Crippen LogP contribution < -0.4 is 14.8 Å². The van der Waals surface area contributed by atoms with Crippen LogP contribution in [-0.4, -0.2) is 30.7 Å². The summed E-state index contributed by atoms with van der Waals surface area (Å²) in [6.45, 7) is 5.68. The number of methoxy groups -OCH3 is 2. The van der Waals surface area contributed by atoms with E-state index >= 15 is 0 Å². The topological polar surface area (TPSA) is 56.3 Å². The Morgan fingerprint density at radius 2 is 1.67 bits per heavy atom. The first-order valence-electron chi connectivity index (χ1n) is 6.95. The van der Waals surface area contributed by atoms with Gasteiger partial charge in [-0.15, -0.1) is 0 Å². The molecule has 1 N–H and O–H groups in total. The summed E-state index contributed by atoms with van der Waals surface area (Å²) in [5.41, 5.74) is 2.79. The molecule has 5 heteroatoms. The fraction of sp³-hybridized carbons (Fsp3) is 0.375. The quantitative estimate of drug-likeness (QED) is 0.885. The maximum absolute atomic E-state index is 5.30. The minimum atomic E-state index is 0.681. The highest BCUT2D eigenvalue weighted by Gasteiger charge is 2.09. The van der Waals surface area contributed by atoms with Crippen molar-refractivity contribution in [2.24, 2.45) is 0 Å². The molecule has 21 heavy (non-hydrogen) atoms. The maximum Gasteiger partial charge on any atom is 0.159 e. The van der Waals surface area contributed by atoms with Gasteiger partial charge in [0.15, 0.2) is 5.82 Å². The molecular formula is C16H21N3O2. The van der Waals surface area contributed by atoms with E-state index in [-0.39, 0.29) is 0 Å². The van der Waals surface area contributed by atoms with Gasteiger partial charge in [-0.3, -0.25) is 0 Å². The molecule has 2 rings (SSSR count). The summed E-state index contributed by atoms with van der Waals surface area (Å²) in [4.78, 5) is 9.12. The first kappa shape index (κ1) is 15.3. The first-order valence-corrected chi connectivity index (χ1v) is 6.95. The van der Waals surface area contributed by atoms with Crippen molar-refractivity contribution in [2.45, 2.75) is 20.4 Å². The van der Waals surface area contributed by atoms with Gasteiger partial charge >= 0.3 is 0 Å². The second-order valence-electron chi connectivity index (χ2n) is 4.71. The zero-order chi connectivity index (χ0) is 15.2. The minimum absolute atomic E-state index is 0.681. The van der Waals surface area contributed by atoms with Gasteiger partial charge in [-0.25, -0.2) is 9.97 Å². The predicted octanol–water partition coefficient (Wildman–Crippen LogP) is 2.58. The fourth-order valence-electron chi connectivity index (χ4n) is 2.04. The lowest BCUT2D eigenvalue weighted by Gasteiger charge is -2.10. The van der Waals surface area contributed by atoms with Gasteiger partial charge in [-0.05, 0) is 31.7 Å². The number of nitrogens with one attached hydrogen (secondary N) is 1. The van der Waals surface area contributed by atoms with Crippen molar-refractivity contribution < 1.29 is 9.47 Å². The molecule has 112 valence electrons. The number of benzene rings is 1. The molecule has 0 saturated carbocycles. The number of aromatic nitrogens is 2. The predicted molar refractivity (Wildman–Crippen MR) is 82.7 cm³/mol. The van der Waals surface area contributed by atoms with Crippen molar-refractivity contribution >= 4 is 0 Å². The Kier molecular flexibility index (Phi) is 5.11. The number of ether oxygens (including phenoxy) is 2. The van der Waals surface area contributed by atoms with Gasteiger partial charge in [0.25, 0.3) is 0 Å². The van der Waals surface area contributed by atoms with Crippen molar-refractivity contribution in [3.8, 4) is 22.9 Å². The SMILES string of the molecule is CCNCc1cc(C)nc(-c2cc(OC)cc(OC)c2)n1. The standard InChI is InChI=1S/C16H21N3O2/c1-5-17-10-13-6-11(2)18-16(19-13)12-7-14(20-3)9-15(8-12)21-4/h6-9,17H,5,10H2,1-4H3. The summed E-state index contributed by atoms with van der Waals surface area (Å²) in [6.07, 6.45) is 0. The summed E-state index contributed by atoms with van der Waals surface area (Å²) >= 11 is 0. The van der Waals surface area contributed by atoms with Crippen LogP contribution in [0.4, 0.5) is 0 Å². The van der Waals surface area contributed by atoms with E-state index in [2.05, 4.69) is 22.2 Å². The van der Waals surface area contributed by atoms with Gasteiger partial charge < -0.3 is 14.8 Å². The largest absolute Gasteiger partial charge is 0.497 e. The van der Waals surface area contributed by atoms with Crippen molar-refractivity contribution in [2.75, 3.05) is 20.8 Å². The molecule has 0 radical (unpaired) electrons. The van der Waals surface area contributed by atoms with Gasteiger partial charge in [0.2, 0.25) is 0 Å². The molecule has 0 aliphatic rings. The van der Waals surface area contributed by atoms with E-state index in [4.69, 9.17) is 9.47 Å². The Hall–Kier alpha value is -2.14. The highest BCUT2D eigenvalue weighted by Crippen LogP contribution is 2.28. The molecule has 2 aromatic rings. The normalized spacial score (nSPS) is 10.5. The van der Waals surface area contributed by atoms with Gasteiger partial charge in [-0.2, -0.15) is 0 Å². The highest BCUT2D eigenvalue weighted by molar-refractivity contribution is 5.61. The second kappa shape index (κ2) is 7.04. The van der Waals surface area contributed by atoms with Crippen LogP contribution in [0.2, 0.25) is 0 Å². The van der Waals surface area contributed by atoms with Gasteiger partial charge in [0.1, 0.15) is 11.5 Å². The third-order valence-corrected chi connectivity index (χ3v) is 3.07. The molecule has 0 aliphatic heterocycles. The van der Waals surface area contributed by atoms with Crippen LogP contribution in [0.5, 0.6) is 11.5 Å². The molecule has 0 spiro atoms. The lowest BCUT2D eigenvalue weighted by atomic mass is 10.1. The first-order chi connectivity index (χ1) is 10.2. The second-order valence-corrected chi connectivity index (χ2v) is 4.71. The van der Waals surface area contributed by atoms with E-state index < -0.39 is 0 Å². The summed E-state index contributed by atoms with van der Waals surface area (Å²) in [7, 11) is 3.26. The van der Waals surface area contributed by atoms with Crippen LogP contribution >= 0.6 is 0 Å². The van der Waals surface area contributed by atoms with Crippen LogP contribution in [0.3, 0.4) is 0 Å². The molecule has 1 heterocycles. The number of aryl methyl sites for hydroxylation is 1. The van der Waals surface area contributed by atoms with Crippen LogP contribution in [0.1, 0.15) is 18.3 Å². The average molecular weight is 287 g/mol. The molecule has 1 aromatic carbocycles. The van der Waals surface area contributed by atoms with Crippen molar-refractivity contribution in [1.29, 1.82) is 0 Å². The van der Waals surface area contributed by atoms with Gasteiger partial charge in [-0.1, -0.05) is 6.92 Å². The molecule has 0 bridgehead atoms. The molecule has 0 unspecified atom stereocenters. The lowest BCUT2D eigenvalue weighted by molar-refractivity contribution is 0.394. The lowest BCUT2D eigenvalue weighted by Crippen LogP contribution is -2.13. The van der Waals surface area contributed by atoms with E-state index in [1.165, 1.54) is 0 Å². The summed E-state index contributed by atoms with van der Waals surface area (Å²) in [6, 6.07) is 7.64. The molecule has 0 aliphatic carbocycles. The third kappa shape index (κ3) is 3.92. The molecule has 0 fully saturated rings. The van der Waals surface area contributed by atoms with Gasteiger partial charge in [0, 0.05) is 23.9 Å². The van der Waals surface area contributed by atoms with E-state index in [1.807, 2.05) is 31.2 Å². The summed E-state index contributed by atoms with van der Waals surface area (Å²) < 4.78 is 10.6. The summed E-state index contributed by atoms with van der Waals surface area (Å²) in [5, 5.41) is 3.28. The minimum Gasteiger partial charge on any atom is -0.497 e. The molecule has 0 saturated heterocycles. The van der Waals surface area contributed by atoms with Gasteiger partial charge in [0.05, 0.1) is 19.9 Å². The Balaban J connectivity index is 2.42. The number of hydrogen-bond acceptors (Lipinski definition) is 5. The van der Waals surface area contributed by atoms with Crippen molar-refractivity contribution in [3.05, 3.63) is 35.7 Å². The third-order valence-electron chi connectivity index (χ3n) is 3.07. The smallest absolute Gasteiger partial charge is 0.159 e. The Bertz CT molecular complexity index is 592. The molecule has 0 amide bonds. The summed E-state index contributed by atoms with van der Waals surface area (Å²) in [5.74, 6) is 2.13. The Morgan fingerprint density at radius 3 is 2.24 bits per heavy atom. The Labute approximate surface area is 125 Å².